The maximum atomic E-state index is 12.0. The monoisotopic (exact) mass is 199 g/mol. The van der Waals surface area contributed by atoms with Gasteiger partial charge in [-0.15, -0.1) is 0 Å². The minimum Gasteiger partial charge on any atom is -0.437 e. The van der Waals surface area contributed by atoms with Crippen LogP contribution < -0.4 is 0 Å². The maximum Gasteiger partial charge on any atom is 0.230 e. The second kappa shape index (κ2) is 2.79. The number of aryl methyl sites for hydroxylation is 1. The molecule has 0 amide bonds. The van der Waals surface area contributed by atoms with Crippen molar-refractivity contribution in [3.63, 3.8) is 0 Å². The summed E-state index contributed by atoms with van der Waals surface area (Å²) in [6, 6.07) is 7.59. The van der Waals surface area contributed by atoms with E-state index in [4.69, 9.17) is 4.42 Å². The number of nitrogens with zero attached hydrogens (tertiary/aromatic N) is 1. The number of rotatable bonds is 0. The number of oxazole rings is 1. The normalized spacial score (nSPS) is 13.5. The van der Waals surface area contributed by atoms with E-state index in [1.807, 2.05) is 24.3 Å². The summed E-state index contributed by atoms with van der Waals surface area (Å²) in [4.78, 5) is 16.2. The van der Waals surface area contributed by atoms with E-state index >= 15 is 0 Å². The molecule has 1 aliphatic carbocycles. The molecule has 0 saturated heterocycles. The molecule has 0 saturated carbocycles. The van der Waals surface area contributed by atoms with E-state index in [1.165, 1.54) is 0 Å². The highest BCUT2D eigenvalue weighted by atomic mass is 16.4. The Morgan fingerprint density at radius 1 is 1.33 bits per heavy atom. The number of ketones is 1. The van der Waals surface area contributed by atoms with E-state index < -0.39 is 0 Å². The largest absolute Gasteiger partial charge is 0.437 e. The van der Waals surface area contributed by atoms with Crippen molar-refractivity contribution in [3.8, 4) is 0 Å². The molecule has 0 aliphatic heterocycles. The molecule has 1 heterocycles. The molecule has 1 aliphatic rings. The molecule has 0 unspecified atom stereocenters. The quantitative estimate of drug-likeness (QED) is 0.557. The Morgan fingerprint density at radius 3 is 3.00 bits per heavy atom. The van der Waals surface area contributed by atoms with Crippen LogP contribution in [0.4, 0.5) is 0 Å². The molecule has 1 aromatic heterocycles. The molecule has 1 aromatic carbocycles. The fourth-order valence-corrected chi connectivity index (χ4v) is 1.97. The fraction of sp³-hybridized carbons (Fsp3) is 0.167. The first-order valence-electron chi connectivity index (χ1n) is 4.84. The van der Waals surface area contributed by atoms with Crippen LogP contribution >= 0.6 is 0 Å². The van der Waals surface area contributed by atoms with Crippen LogP contribution in [0.15, 0.2) is 28.7 Å². The minimum atomic E-state index is -0.0487. The van der Waals surface area contributed by atoms with Crippen LogP contribution in [0.3, 0.4) is 0 Å². The van der Waals surface area contributed by atoms with Gasteiger partial charge in [0.25, 0.3) is 0 Å². The van der Waals surface area contributed by atoms with Crippen molar-refractivity contribution in [2.75, 3.05) is 0 Å². The molecule has 3 nitrogen and oxygen atoms in total. The molecular weight excluding hydrogens is 190 g/mol. The predicted octanol–water partition coefficient (Wildman–Crippen LogP) is 2.12. The van der Waals surface area contributed by atoms with Crippen LogP contribution in [0.25, 0.3) is 0 Å². The number of benzene rings is 1. The molecule has 74 valence electrons. The zero-order chi connectivity index (χ0) is 10.4. The van der Waals surface area contributed by atoms with Gasteiger partial charge in [0.1, 0.15) is 0 Å². The van der Waals surface area contributed by atoms with Crippen molar-refractivity contribution < 1.29 is 9.21 Å². The lowest BCUT2D eigenvalue weighted by Gasteiger charge is -2.11. The first kappa shape index (κ1) is 8.41. The molecular formula is C12H9NO2. The number of hydrogen-bond acceptors (Lipinski definition) is 3. The lowest BCUT2D eigenvalue weighted by molar-refractivity contribution is 0.100. The molecule has 0 N–H and O–H groups in total. The highest BCUT2D eigenvalue weighted by Crippen LogP contribution is 2.26. The third-order valence-corrected chi connectivity index (χ3v) is 2.63. The van der Waals surface area contributed by atoms with Gasteiger partial charge < -0.3 is 4.42 Å². The summed E-state index contributed by atoms with van der Waals surface area (Å²) in [7, 11) is 0. The predicted molar refractivity (Wildman–Crippen MR) is 53.9 cm³/mol. The van der Waals surface area contributed by atoms with E-state index in [2.05, 4.69) is 4.98 Å². The van der Waals surface area contributed by atoms with Gasteiger partial charge in [-0.05, 0) is 5.56 Å². The average molecular weight is 199 g/mol. The highest BCUT2D eigenvalue weighted by Gasteiger charge is 2.27. The topological polar surface area (TPSA) is 43.1 Å². The second-order valence-electron chi connectivity index (χ2n) is 3.67. The minimum absolute atomic E-state index is 0.0487. The molecule has 0 radical (unpaired) electrons. The van der Waals surface area contributed by atoms with Gasteiger partial charge in [0.2, 0.25) is 5.78 Å². The molecule has 3 rings (SSSR count). The van der Waals surface area contributed by atoms with Gasteiger partial charge in [0, 0.05) is 18.9 Å². The van der Waals surface area contributed by atoms with Crippen molar-refractivity contribution in [1.82, 2.24) is 4.98 Å². The van der Waals surface area contributed by atoms with Gasteiger partial charge in [-0.25, -0.2) is 4.98 Å². The smallest absolute Gasteiger partial charge is 0.230 e. The van der Waals surface area contributed by atoms with E-state index in [0.29, 0.717) is 18.1 Å². The zero-order valence-electron chi connectivity index (χ0n) is 8.28. The molecule has 0 bridgehead atoms. The SMILES string of the molecule is Cc1nc2c(o1)C(=O)c1ccccc1C2. The summed E-state index contributed by atoms with van der Waals surface area (Å²) in [6.45, 7) is 1.76. The number of carbonyl (C=O) groups is 1. The third kappa shape index (κ3) is 1.13. The summed E-state index contributed by atoms with van der Waals surface area (Å²) >= 11 is 0. The number of carbonyl (C=O) groups excluding carboxylic acids is 1. The van der Waals surface area contributed by atoms with Crippen molar-refractivity contribution in [3.05, 3.63) is 52.7 Å². The first-order valence-corrected chi connectivity index (χ1v) is 4.84. The maximum absolute atomic E-state index is 12.0. The highest BCUT2D eigenvalue weighted by molar-refractivity contribution is 6.10. The zero-order valence-corrected chi connectivity index (χ0v) is 8.28. The van der Waals surface area contributed by atoms with Crippen LogP contribution in [0.1, 0.15) is 33.3 Å². The number of aromatic nitrogens is 1. The van der Waals surface area contributed by atoms with Crippen molar-refractivity contribution in [1.29, 1.82) is 0 Å². The Morgan fingerprint density at radius 2 is 2.13 bits per heavy atom. The molecule has 0 spiro atoms. The molecule has 0 fully saturated rings. The lowest BCUT2D eigenvalue weighted by atomic mass is 9.92. The van der Waals surface area contributed by atoms with Gasteiger partial charge in [-0.1, -0.05) is 24.3 Å². The summed E-state index contributed by atoms with van der Waals surface area (Å²) < 4.78 is 5.31. The van der Waals surface area contributed by atoms with E-state index in [1.54, 1.807) is 6.92 Å². The summed E-state index contributed by atoms with van der Waals surface area (Å²) in [6.07, 6.45) is 0.689. The Labute approximate surface area is 86.8 Å². The Bertz CT molecular complexity index is 554. The summed E-state index contributed by atoms with van der Waals surface area (Å²) in [5.74, 6) is 0.916. The van der Waals surface area contributed by atoms with Crippen molar-refractivity contribution in [2.45, 2.75) is 13.3 Å². The van der Waals surface area contributed by atoms with Gasteiger partial charge in [-0.2, -0.15) is 0 Å². The Balaban J connectivity index is 2.23. The molecule has 15 heavy (non-hydrogen) atoms. The van der Waals surface area contributed by atoms with Gasteiger partial charge >= 0.3 is 0 Å². The van der Waals surface area contributed by atoms with Gasteiger partial charge in [-0.3, -0.25) is 4.79 Å². The van der Waals surface area contributed by atoms with Crippen LogP contribution in [-0.2, 0) is 6.42 Å². The first-order chi connectivity index (χ1) is 7.25. The number of hydrogen-bond donors (Lipinski definition) is 0. The Kier molecular flexibility index (Phi) is 1.57. The second-order valence-corrected chi connectivity index (χ2v) is 3.67. The summed E-state index contributed by atoms with van der Waals surface area (Å²) in [5, 5.41) is 0. The molecule has 2 aromatic rings. The standard InChI is InChI=1S/C12H9NO2/c1-7-13-10-6-8-4-2-3-5-9(8)11(14)12(10)15-7/h2-5H,6H2,1H3. The van der Waals surface area contributed by atoms with Crippen LogP contribution in [0.5, 0.6) is 0 Å². The van der Waals surface area contributed by atoms with Crippen LogP contribution in [0, 0.1) is 6.92 Å². The van der Waals surface area contributed by atoms with E-state index in [0.717, 1.165) is 16.8 Å². The van der Waals surface area contributed by atoms with Gasteiger partial charge in [0.15, 0.2) is 11.7 Å². The Hall–Kier alpha value is -1.90. The third-order valence-electron chi connectivity index (χ3n) is 2.63. The van der Waals surface area contributed by atoms with E-state index in [-0.39, 0.29) is 5.78 Å². The molecule has 0 atom stereocenters. The number of fused-ring (bicyclic) bond motifs is 2. The van der Waals surface area contributed by atoms with E-state index in [9.17, 15) is 4.79 Å². The van der Waals surface area contributed by atoms with Crippen LogP contribution in [-0.4, -0.2) is 10.8 Å². The average Bonchev–Trinajstić information content (AvgIpc) is 2.59. The van der Waals surface area contributed by atoms with Crippen molar-refractivity contribution in [2.24, 2.45) is 0 Å². The van der Waals surface area contributed by atoms with Crippen molar-refractivity contribution >= 4 is 5.78 Å². The fourth-order valence-electron chi connectivity index (χ4n) is 1.97. The molecule has 3 heteroatoms. The lowest BCUT2D eigenvalue weighted by Crippen LogP contribution is -2.13. The van der Waals surface area contributed by atoms with Gasteiger partial charge in [0.05, 0.1) is 5.69 Å². The summed E-state index contributed by atoms with van der Waals surface area (Å²) in [5.41, 5.74) is 2.53. The van der Waals surface area contributed by atoms with Crippen LogP contribution in [0.2, 0.25) is 0 Å².